The van der Waals surface area contributed by atoms with Gasteiger partial charge in [-0.2, -0.15) is 5.26 Å². The molecule has 1 N–H and O–H groups in total. The highest BCUT2D eigenvalue weighted by Crippen LogP contribution is 2.23. The number of benzene rings is 1. The third-order valence-electron chi connectivity index (χ3n) is 3.84. The van der Waals surface area contributed by atoms with E-state index in [0.717, 1.165) is 38.6 Å². The van der Waals surface area contributed by atoms with E-state index in [1.54, 1.807) is 0 Å². The fourth-order valence-electron chi connectivity index (χ4n) is 2.71. The second-order valence-corrected chi connectivity index (χ2v) is 5.37. The predicted octanol–water partition coefficient (Wildman–Crippen LogP) is 3.21. The third kappa shape index (κ3) is 3.85. The molecule has 0 aromatic heterocycles. The number of aryl methyl sites for hydroxylation is 1. The molecule has 0 heterocycles. The molecule has 1 aromatic carbocycles. The Hall–Kier alpha value is -1.33. The Morgan fingerprint density at radius 1 is 1.28 bits per heavy atom. The molecule has 1 fully saturated rings. The van der Waals surface area contributed by atoms with E-state index < -0.39 is 0 Å². The van der Waals surface area contributed by atoms with E-state index in [0.29, 0.717) is 12.0 Å². The zero-order valence-corrected chi connectivity index (χ0v) is 11.2. The maximum absolute atomic E-state index is 8.86. The molecule has 1 aliphatic carbocycles. The Morgan fingerprint density at radius 2 is 2.06 bits per heavy atom. The molecule has 0 bridgehead atoms. The van der Waals surface area contributed by atoms with Gasteiger partial charge in [0.1, 0.15) is 0 Å². The van der Waals surface area contributed by atoms with E-state index in [1.807, 2.05) is 0 Å². The quantitative estimate of drug-likeness (QED) is 0.880. The summed E-state index contributed by atoms with van der Waals surface area (Å²) < 4.78 is 0. The van der Waals surface area contributed by atoms with Crippen molar-refractivity contribution < 1.29 is 0 Å². The minimum Gasteiger partial charge on any atom is -0.314 e. The zero-order valence-electron chi connectivity index (χ0n) is 11.2. The first-order valence-corrected chi connectivity index (χ1v) is 6.96. The minimum atomic E-state index is 0.305. The highest BCUT2D eigenvalue weighted by atomic mass is 14.9. The van der Waals surface area contributed by atoms with Crippen molar-refractivity contribution in [2.45, 2.75) is 45.1 Å². The van der Waals surface area contributed by atoms with Crippen LogP contribution in [0, 0.1) is 24.2 Å². The molecule has 1 saturated carbocycles. The summed E-state index contributed by atoms with van der Waals surface area (Å²) in [6.45, 7) is 3.19. The molecule has 2 heteroatoms. The molecule has 1 aromatic rings. The Labute approximate surface area is 110 Å². The van der Waals surface area contributed by atoms with Crippen molar-refractivity contribution >= 4 is 0 Å². The summed E-state index contributed by atoms with van der Waals surface area (Å²) in [5, 5.41) is 12.5. The van der Waals surface area contributed by atoms with E-state index in [9.17, 15) is 0 Å². The third-order valence-corrected chi connectivity index (χ3v) is 3.84. The predicted molar refractivity (Wildman–Crippen MR) is 74.2 cm³/mol. The lowest BCUT2D eigenvalue weighted by Crippen LogP contribution is -2.34. The van der Waals surface area contributed by atoms with Crippen LogP contribution >= 0.6 is 0 Å². The van der Waals surface area contributed by atoms with Crippen LogP contribution in [0.2, 0.25) is 0 Å². The topological polar surface area (TPSA) is 35.8 Å². The average Bonchev–Trinajstić information content (AvgIpc) is 2.40. The van der Waals surface area contributed by atoms with Gasteiger partial charge < -0.3 is 5.32 Å². The molecule has 0 spiro atoms. The van der Waals surface area contributed by atoms with Gasteiger partial charge in [-0.05, 0) is 51.1 Å². The van der Waals surface area contributed by atoms with Crippen LogP contribution in [0.1, 0.15) is 36.8 Å². The van der Waals surface area contributed by atoms with Crippen molar-refractivity contribution in [3.8, 4) is 6.07 Å². The fraction of sp³-hybridized carbons (Fsp3) is 0.562. The van der Waals surface area contributed by atoms with Crippen LogP contribution in [0.25, 0.3) is 0 Å². The van der Waals surface area contributed by atoms with Crippen molar-refractivity contribution in [3.63, 3.8) is 0 Å². The summed E-state index contributed by atoms with van der Waals surface area (Å²) in [5.41, 5.74) is 2.75. The molecule has 2 nitrogen and oxygen atoms in total. The number of hydrogen-bond donors (Lipinski definition) is 1. The Morgan fingerprint density at radius 3 is 2.72 bits per heavy atom. The van der Waals surface area contributed by atoms with E-state index in [-0.39, 0.29) is 0 Å². The van der Waals surface area contributed by atoms with Crippen LogP contribution in [0.3, 0.4) is 0 Å². The van der Waals surface area contributed by atoms with Gasteiger partial charge >= 0.3 is 0 Å². The lowest BCUT2D eigenvalue weighted by molar-refractivity contribution is 0.334. The number of nitriles is 1. The normalized spacial score (nSPS) is 23.6. The van der Waals surface area contributed by atoms with Gasteiger partial charge in [-0.3, -0.25) is 0 Å². The van der Waals surface area contributed by atoms with Gasteiger partial charge in [0, 0.05) is 12.0 Å². The monoisotopic (exact) mass is 242 g/mol. The summed E-state index contributed by atoms with van der Waals surface area (Å²) >= 11 is 0. The van der Waals surface area contributed by atoms with Crippen molar-refractivity contribution in [2.75, 3.05) is 6.54 Å². The van der Waals surface area contributed by atoms with Gasteiger partial charge in [0.15, 0.2) is 0 Å². The molecule has 0 unspecified atom stereocenters. The average molecular weight is 242 g/mol. The van der Waals surface area contributed by atoms with Crippen LogP contribution in [-0.2, 0) is 6.42 Å². The lowest BCUT2D eigenvalue weighted by atomic mass is 9.87. The highest BCUT2D eigenvalue weighted by Gasteiger charge is 2.19. The van der Waals surface area contributed by atoms with E-state index in [4.69, 9.17) is 5.26 Å². The van der Waals surface area contributed by atoms with Gasteiger partial charge in [-0.1, -0.05) is 29.8 Å². The second-order valence-electron chi connectivity index (χ2n) is 5.37. The maximum atomic E-state index is 8.86. The van der Waals surface area contributed by atoms with E-state index >= 15 is 0 Å². The number of hydrogen-bond acceptors (Lipinski definition) is 2. The van der Waals surface area contributed by atoms with Gasteiger partial charge in [0.25, 0.3) is 0 Å². The van der Waals surface area contributed by atoms with Gasteiger partial charge in [0.05, 0.1) is 6.07 Å². The van der Waals surface area contributed by atoms with E-state index in [2.05, 4.69) is 42.6 Å². The molecule has 2 rings (SSSR count). The first-order valence-electron chi connectivity index (χ1n) is 6.96. The van der Waals surface area contributed by atoms with Crippen LogP contribution < -0.4 is 5.32 Å². The molecule has 0 atom stereocenters. The van der Waals surface area contributed by atoms with Crippen molar-refractivity contribution in [1.29, 1.82) is 5.26 Å². The van der Waals surface area contributed by atoms with Gasteiger partial charge in [-0.15, -0.1) is 0 Å². The first-order chi connectivity index (χ1) is 8.78. The SMILES string of the molecule is Cc1cccc(CCNC2CCC(C#N)CC2)c1. The first kappa shape index (κ1) is 13.1. The molecule has 1 aliphatic rings. The Balaban J connectivity index is 1.69. The zero-order chi connectivity index (χ0) is 12.8. The summed E-state index contributed by atoms with van der Waals surface area (Å²) in [6, 6.07) is 11.7. The summed E-state index contributed by atoms with van der Waals surface area (Å²) in [4.78, 5) is 0. The summed E-state index contributed by atoms with van der Waals surface area (Å²) in [7, 11) is 0. The van der Waals surface area contributed by atoms with Crippen LogP contribution in [0.4, 0.5) is 0 Å². The lowest BCUT2D eigenvalue weighted by Gasteiger charge is -2.25. The number of nitrogens with one attached hydrogen (secondary N) is 1. The van der Waals surface area contributed by atoms with E-state index in [1.165, 1.54) is 11.1 Å². The molecule has 0 aliphatic heterocycles. The minimum absolute atomic E-state index is 0.305. The van der Waals surface area contributed by atoms with Crippen molar-refractivity contribution in [2.24, 2.45) is 5.92 Å². The number of nitrogens with zero attached hydrogens (tertiary/aromatic N) is 1. The summed E-state index contributed by atoms with van der Waals surface area (Å²) in [6.07, 6.45) is 5.55. The number of rotatable bonds is 4. The largest absolute Gasteiger partial charge is 0.314 e. The highest BCUT2D eigenvalue weighted by molar-refractivity contribution is 5.22. The fourth-order valence-corrected chi connectivity index (χ4v) is 2.71. The van der Waals surface area contributed by atoms with Crippen LogP contribution in [0.15, 0.2) is 24.3 Å². The van der Waals surface area contributed by atoms with Crippen molar-refractivity contribution in [3.05, 3.63) is 35.4 Å². The Kier molecular flexibility index (Phi) is 4.78. The molecule has 0 amide bonds. The van der Waals surface area contributed by atoms with Crippen LogP contribution in [-0.4, -0.2) is 12.6 Å². The van der Waals surface area contributed by atoms with Crippen LogP contribution in [0.5, 0.6) is 0 Å². The van der Waals surface area contributed by atoms with Gasteiger partial charge in [-0.25, -0.2) is 0 Å². The van der Waals surface area contributed by atoms with Gasteiger partial charge in [0.2, 0.25) is 0 Å². The summed E-state index contributed by atoms with van der Waals surface area (Å²) in [5.74, 6) is 0.305. The molecule has 96 valence electrons. The molecule has 0 saturated heterocycles. The molecule has 0 radical (unpaired) electrons. The van der Waals surface area contributed by atoms with Crippen molar-refractivity contribution in [1.82, 2.24) is 5.32 Å². The standard InChI is InChI=1S/C16H22N2/c1-13-3-2-4-14(11-13)9-10-18-16-7-5-15(12-17)6-8-16/h2-4,11,15-16,18H,5-10H2,1H3. The smallest absolute Gasteiger partial charge is 0.0655 e. The molecule has 18 heavy (non-hydrogen) atoms. The molecular weight excluding hydrogens is 220 g/mol. The molecular formula is C16H22N2. The second kappa shape index (κ2) is 6.56. The Bertz CT molecular complexity index is 411. The maximum Gasteiger partial charge on any atom is 0.0655 e.